The molecule has 2 amide bonds. The van der Waals surface area contributed by atoms with Crippen molar-refractivity contribution in [3.8, 4) is 0 Å². The van der Waals surface area contributed by atoms with E-state index in [1.165, 1.54) is 11.1 Å². The molecule has 2 aliphatic rings. The van der Waals surface area contributed by atoms with Crippen LogP contribution in [0.25, 0.3) is 4.95 Å². The molecule has 4 rings (SSSR count). The lowest BCUT2D eigenvalue weighted by molar-refractivity contribution is 0.256. The van der Waals surface area contributed by atoms with Crippen LogP contribution in [0, 0.1) is 18.2 Å². The first kappa shape index (κ1) is 19.3. The molecule has 0 spiro atoms. The van der Waals surface area contributed by atoms with E-state index in [2.05, 4.69) is 25.5 Å². The van der Waals surface area contributed by atoms with Crippen molar-refractivity contribution in [2.45, 2.75) is 43.4 Å². The monoisotopic (exact) mass is 416 g/mol. The average Bonchev–Trinajstić information content (AvgIpc) is 3.29. The lowest BCUT2D eigenvalue weighted by Crippen LogP contribution is -2.34. The van der Waals surface area contributed by atoms with E-state index in [1.54, 1.807) is 0 Å². The number of carbonyl (C=O) groups is 1. The molecule has 0 heterocycles. The van der Waals surface area contributed by atoms with E-state index in [9.17, 15) is 17.8 Å². The van der Waals surface area contributed by atoms with Crippen LogP contribution < -0.4 is 10.0 Å². The molecule has 150 valence electrons. The van der Waals surface area contributed by atoms with Gasteiger partial charge in [0.1, 0.15) is 11.6 Å². The molecule has 2 N–H and O–H groups in total. The quantitative estimate of drug-likeness (QED) is 0.577. The highest BCUT2D eigenvalue weighted by Crippen LogP contribution is 2.38. The van der Waals surface area contributed by atoms with Crippen LogP contribution >= 0.6 is 0 Å². The SMILES string of the molecule is [C-]#[N+]N=S(=O)(NC(=O)Nc1c2c(cc3c1CCC3)CCC2)c1cc(F)cc(F)c1. The summed E-state index contributed by atoms with van der Waals surface area (Å²) in [5, 5.41) is 2.78. The molecule has 0 saturated heterocycles. The van der Waals surface area contributed by atoms with Crippen molar-refractivity contribution in [1.82, 2.24) is 4.72 Å². The third-order valence-corrected chi connectivity index (χ3v) is 6.90. The van der Waals surface area contributed by atoms with Crippen LogP contribution in [-0.2, 0) is 35.6 Å². The van der Waals surface area contributed by atoms with Crippen LogP contribution in [0.2, 0.25) is 0 Å². The lowest BCUT2D eigenvalue weighted by Gasteiger charge is -2.17. The first-order valence-corrected chi connectivity index (χ1v) is 10.8. The number of halogens is 2. The summed E-state index contributed by atoms with van der Waals surface area (Å²) in [6.45, 7) is 6.90. The second kappa shape index (κ2) is 7.44. The van der Waals surface area contributed by atoms with Crippen LogP contribution in [0.4, 0.5) is 19.3 Å². The molecule has 0 radical (unpaired) electrons. The van der Waals surface area contributed by atoms with Gasteiger partial charge in [-0.1, -0.05) is 6.07 Å². The van der Waals surface area contributed by atoms with E-state index in [0.29, 0.717) is 6.07 Å². The highest BCUT2D eigenvalue weighted by atomic mass is 32.2. The summed E-state index contributed by atoms with van der Waals surface area (Å²) >= 11 is 0. The number of carbonyl (C=O) groups excluding carboxylic acids is 1. The van der Waals surface area contributed by atoms with Gasteiger partial charge in [0.25, 0.3) is 0 Å². The number of benzene rings is 2. The summed E-state index contributed by atoms with van der Waals surface area (Å²) in [5.74, 6) is -1.96. The molecule has 6 nitrogen and oxygen atoms in total. The molecule has 1 unspecified atom stereocenters. The maximum Gasteiger partial charge on any atom is 0.332 e. The summed E-state index contributed by atoms with van der Waals surface area (Å²) in [7, 11) is -3.88. The molecular formula is C20H18F2N4O2S. The molecular weight excluding hydrogens is 398 g/mol. The van der Waals surface area contributed by atoms with Gasteiger partial charge in [0.2, 0.25) is 9.92 Å². The van der Waals surface area contributed by atoms with Gasteiger partial charge in [-0.2, -0.15) is 6.57 Å². The molecule has 9 heteroatoms. The van der Waals surface area contributed by atoms with Gasteiger partial charge in [0.05, 0.1) is 4.90 Å². The lowest BCUT2D eigenvalue weighted by atomic mass is 9.99. The molecule has 0 bridgehead atoms. The fourth-order valence-electron chi connectivity index (χ4n) is 4.10. The van der Waals surface area contributed by atoms with Gasteiger partial charge >= 0.3 is 6.03 Å². The Balaban J connectivity index is 1.67. The number of urea groups is 1. The van der Waals surface area contributed by atoms with Gasteiger partial charge in [-0.3, -0.25) is 0 Å². The summed E-state index contributed by atoms with van der Waals surface area (Å²) < 4.78 is 45.6. The molecule has 0 aromatic heterocycles. The molecule has 1 atom stereocenters. The van der Waals surface area contributed by atoms with Gasteiger partial charge in [-0.25, -0.2) is 22.5 Å². The predicted octanol–water partition coefficient (Wildman–Crippen LogP) is 4.34. The Morgan fingerprint density at radius 2 is 1.59 bits per heavy atom. The molecule has 29 heavy (non-hydrogen) atoms. The molecule has 2 aromatic carbocycles. The Morgan fingerprint density at radius 1 is 1.00 bits per heavy atom. The first-order valence-electron chi connectivity index (χ1n) is 9.24. The minimum absolute atomic E-state index is 0.412. The van der Waals surface area contributed by atoms with Crippen molar-refractivity contribution in [3.05, 3.63) is 69.7 Å². The van der Waals surface area contributed by atoms with Crippen LogP contribution in [0.15, 0.2) is 33.6 Å². The zero-order valence-electron chi connectivity index (χ0n) is 15.4. The van der Waals surface area contributed by atoms with Crippen LogP contribution in [0.1, 0.15) is 35.1 Å². The van der Waals surface area contributed by atoms with Crippen molar-refractivity contribution in [1.29, 1.82) is 0 Å². The van der Waals surface area contributed by atoms with E-state index in [-0.39, 0.29) is 0 Å². The standard InChI is InChI=1S/C20H18F2N4O2S/c1-23-26-29(28,16-10-14(21)9-15(22)11-16)25-20(27)24-19-17-6-2-4-12(17)8-13-5-3-7-18(13)19/h8-11H,2-7H2,(H2,24,25,26,27,28). The average molecular weight is 416 g/mol. The highest BCUT2D eigenvalue weighted by Gasteiger charge is 2.27. The van der Waals surface area contributed by atoms with E-state index < -0.39 is 32.5 Å². The summed E-state index contributed by atoms with van der Waals surface area (Å²) in [4.78, 5) is 15.0. The van der Waals surface area contributed by atoms with Crippen LogP contribution in [0.3, 0.4) is 0 Å². The van der Waals surface area contributed by atoms with E-state index in [1.807, 2.05) is 0 Å². The third-order valence-electron chi connectivity index (χ3n) is 5.25. The number of rotatable bonds is 3. The number of hydrogen-bond acceptors (Lipinski definition) is 3. The highest BCUT2D eigenvalue weighted by molar-refractivity contribution is 7.92. The molecule has 0 fully saturated rings. The number of aryl methyl sites for hydroxylation is 2. The van der Waals surface area contributed by atoms with Gasteiger partial charge in [-0.15, -0.1) is 4.95 Å². The Kier molecular flexibility index (Phi) is 4.96. The molecule has 0 saturated carbocycles. The smallest absolute Gasteiger partial charge is 0.307 e. The minimum atomic E-state index is -3.88. The van der Waals surface area contributed by atoms with Gasteiger partial charge in [0.15, 0.2) is 4.47 Å². The fraction of sp³-hybridized carbons (Fsp3) is 0.300. The Morgan fingerprint density at radius 3 is 2.14 bits per heavy atom. The minimum Gasteiger partial charge on any atom is -0.307 e. The summed E-state index contributed by atoms with van der Waals surface area (Å²) in [5.41, 5.74) is 5.29. The molecule has 2 aromatic rings. The Hall–Kier alpha value is -2.99. The van der Waals surface area contributed by atoms with E-state index >= 15 is 0 Å². The van der Waals surface area contributed by atoms with Gasteiger partial charge < -0.3 is 5.32 Å². The number of anilines is 1. The van der Waals surface area contributed by atoms with Gasteiger partial charge in [0, 0.05) is 11.8 Å². The second-order valence-electron chi connectivity index (χ2n) is 7.10. The van der Waals surface area contributed by atoms with E-state index in [0.717, 1.165) is 67.5 Å². The number of amides is 2. The van der Waals surface area contributed by atoms with Crippen LogP contribution in [0.5, 0.6) is 0 Å². The fourth-order valence-corrected chi connectivity index (χ4v) is 5.32. The van der Waals surface area contributed by atoms with Crippen molar-refractivity contribution >= 4 is 21.6 Å². The topological polar surface area (TPSA) is 74.9 Å². The Bertz CT molecular complexity index is 1130. The molecule has 0 aliphatic heterocycles. The number of fused-ring (bicyclic) bond motifs is 2. The van der Waals surface area contributed by atoms with Gasteiger partial charge in [-0.05, 0) is 72.9 Å². The zero-order valence-corrected chi connectivity index (χ0v) is 16.2. The predicted molar refractivity (Wildman–Crippen MR) is 104 cm³/mol. The van der Waals surface area contributed by atoms with E-state index in [4.69, 9.17) is 6.57 Å². The zero-order chi connectivity index (χ0) is 20.6. The second-order valence-corrected chi connectivity index (χ2v) is 8.99. The summed E-state index contributed by atoms with van der Waals surface area (Å²) in [6.07, 6.45) is 5.59. The van der Waals surface area contributed by atoms with Crippen molar-refractivity contribution in [2.75, 3.05) is 5.32 Å². The first-order chi connectivity index (χ1) is 13.9. The van der Waals surface area contributed by atoms with Crippen LogP contribution in [-0.4, -0.2) is 10.2 Å². The Labute approximate surface area is 167 Å². The maximum absolute atomic E-state index is 13.6. The normalized spacial score (nSPS) is 16.3. The number of nitrogens with zero attached hydrogens (tertiary/aromatic N) is 2. The number of nitrogens with one attached hydrogen (secondary N) is 2. The largest absolute Gasteiger partial charge is 0.332 e. The number of hydrogen-bond donors (Lipinski definition) is 2. The van der Waals surface area contributed by atoms with Crippen molar-refractivity contribution < 1.29 is 17.8 Å². The summed E-state index contributed by atoms with van der Waals surface area (Å²) in [6, 6.07) is 3.57. The maximum atomic E-state index is 13.6. The third kappa shape index (κ3) is 3.68. The molecule has 2 aliphatic carbocycles. The van der Waals surface area contributed by atoms with Crippen molar-refractivity contribution in [3.63, 3.8) is 0 Å². The van der Waals surface area contributed by atoms with Crippen molar-refractivity contribution in [2.24, 2.45) is 4.47 Å².